The van der Waals surface area contributed by atoms with Crippen molar-refractivity contribution in [3.05, 3.63) is 0 Å². The Balaban J connectivity index is 2.54. The molecule has 0 aromatic heterocycles. The van der Waals surface area contributed by atoms with Crippen molar-refractivity contribution < 1.29 is 18.0 Å². The minimum Gasteiger partial charge on any atom is -0.333 e. The third-order valence-corrected chi connectivity index (χ3v) is 2.68. The molecule has 2 nitrogen and oxygen atoms in total. The Morgan fingerprint density at radius 3 is 2.69 bits per heavy atom. The van der Waals surface area contributed by atoms with E-state index < -0.39 is 23.5 Å². The molecule has 1 aliphatic rings. The number of piperidine rings is 1. The van der Waals surface area contributed by atoms with Crippen LogP contribution in [-0.4, -0.2) is 34.9 Å². The molecule has 76 valence electrons. The predicted octanol–water partition coefficient (Wildman–Crippen LogP) is 1.93. The van der Waals surface area contributed by atoms with E-state index in [1.807, 2.05) is 0 Å². The number of likely N-dealkylation sites (tertiary alicyclic amines) is 1. The molecular formula is C7H9BrF3NO. The first-order chi connectivity index (χ1) is 5.90. The van der Waals surface area contributed by atoms with Crippen molar-refractivity contribution in [1.29, 1.82) is 0 Å². The molecule has 1 fully saturated rings. The highest BCUT2D eigenvalue weighted by Crippen LogP contribution is 2.23. The van der Waals surface area contributed by atoms with Gasteiger partial charge in [0.25, 0.3) is 0 Å². The Kier molecular flexibility index (Phi) is 3.21. The molecule has 0 unspecified atom stereocenters. The third-order valence-electron chi connectivity index (χ3n) is 1.84. The topological polar surface area (TPSA) is 20.3 Å². The molecule has 1 rings (SSSR count). The fourth-order valence-electron chi connectivity index (χ4n) is 1.27. The van der Waals surface area contributed by atoms with Gasteiger partial charge in [0, 0.05) is 6.54 Å². The first kappa shape index (κ1) is 10.8. The molecule has 1 aliphatic heterocycles. The van der Waals surface area contributed by atoms with Crippen molar-refractivity contribution in [3.63, 3.8) is 0 Å². The maximum absolute atomic E-state index is 11.9. The third kappa shape index (κ3) is 3.17. The van der Waals surface area contributed by atoms with Crippen LogP contribution in [0.1, 0.15) is 12.8 Å². The van der Waals surface area contributed by atoms with Gasteiger partial charge in [-0.25, -0.2) is 0 Å². The largest absolute Gasteiger partial charge is 0.406 e. The van der Waals surface area contributed by atoms with Crippen LogP contribution in [0.4, 0.5) is 13.2 Å². The van der Waals surface area contributed by atoms with Gasteiger partial charge in [0.1, 0.15) is 6.54 Å². The van der Waals surface area contributed by atoms with Crippen molar-refractivity contribution in [3.8, 4) is 0 Å². The highest BCUT2D eigenvalue weighted by Gasteiger charge is 2.36. The molecule has 0 radical (unpaired) electrons. The van der Waals surface area contributed by atoms with Crippen LogP contribution in [0.3, 0.4) is 0 Å². The van der Waals surface area contributed by atoms with Crippen LogP contribution in [0.2, 0.25) is 0 Å². The van der Waals surface area contributed by atoms with Gasteiger partial charge in [0.2, 0.25) is 5.91 Å². The SMILES string of the molecule is O=C1[C@@H](Br)CCCN1CC(F)(F)F. The van der Waals surface area contributed by atoms with Crippen LogP contribution in [0.15, 0.2) is 0 Å². The minimum atomic E-state index is -4.29. The molecule has 0 spiro atoms. The van der Waals surface area contributed by atoms with Crippen molar-refractivity contribution >= 4 is 21.8 Å². The van der Waals surface area contributed by atoms with E-state index >= 15 is 0 Å². The molecule has 0 aliphatic carbocycles. The zero-order valence-electron chi connectivity index (χ0n) is 6.77. The summed E-state index contributed by atoms with van der Waals surface area (Å²) in [7, 11) is 0. The number of rotatable bonds is 1. The Morgan fingerprint density at radius 1 is 1.54 bits per heavy atom. The molecule has 0 aromatic carbocycles. The first-order valence-corrected chi connectivity index (χ1v) is 4.81. The van der Waals surface area contributed by atoms with Crippen LogP contribution in [0, 0.1) is 0 Å². The molecule has 6 heteroatoms. The number of amides is 1. The van der Waals surface area contributed by atoms with E-state index in [-0.39, 0.29) is 6.54 Å². The van der Waals surface area contributed by atoms with E-state index in [1.54, 1.807) is 0 Å². The van der Waals surface area contributed by atoms with Gasteiger partial charge in [-0.3, -0.25) is 4.79 Å². The lowest BCUT2D eigenvalue weighted by atomic mass is 10.1. The van der Waals surface area contributed by atoms with Crippen molar-refractivity contribution in [2.24, 2.45) is 0 Å². The van der Waals surface area contributed by atoms with Gasteiger partial charge in [0.15, 0.2) is 0 Å². The molecule has 0 bridgehead atoms. The van der Waals surface area contributed by atoms with Crippen LogP contribution < -0.4 is 0 Å². The smallest absolute Gasteiger partial charge is 0.333 e. The lowest BCUT2D eigenvalue weighted by molar-refractivity contribution is -0.162. The summed E-state index contributed by atoms with van der Waals surface area (Å²) in [5.41, 5.74) is 0. The van der Waals surface area contributed by atoms with Gasteiger partial charge in [-0.2, -0.15) is 13.2 Å². The first-order valence-electron chi connectivity index (χ1n) is 3.90. The number of hydrogen-bond acceptors (Lipinski definition) is 1. The molecule has 13 heavy (non-hydrogen) atoms. The second-order valence-corrected chi connectivity index (χ2v) is 4.09. The lowest BCUT2D eigenvalue weighted by Crippen LogP contribution is -2.46. The average molecular weight is 260 g/mol. The van der Waals surface area contributed by atoms with E-state index in [0.29, 0.717) is 12.8 Å². The van der Waals surface area contributed by atoms with Gasteiger partial charge in [-0.15, -0.1) is 0 Å². The fraction of sp³-hybridized carbons (Fsp3) is 0.857. The summed E-state index contributed by atoms with van der Waals surface area (Å²) >= 11 is 3.04. The van der Waals surface area contributed by atoms with E-state index in [9.17, 15) is 18.0 Å². The molecule has 1 heterocycles. The van der Waals surface area contributed by atoms with Crippen molar-refractivity contribution in [2.45, 2.75) is 23.8 Å². The number of alkyl halides is 4. The Labute approximate surface area is 82.2 Å². The van der Waals surface area contributed by atoms with E-state index in [1.165, 1.54) is 0 Å². The van der Waals surface area contributed by atoms with Gasteiger partial charge in [-0.1, -0.05) is 15.9 Å². The van der Waals surface area contributed by atoms with Crippen molar-refractivity contribution in [2.75, 3.05) is 13.1 Å². The Bertz CT molecular complexity index is 206. The summed E-state index contributed by atoms with van der Waals surface area (Å²) < 4.78 is 35.8. The Hall–Kier alpha value is -0.260. The van der Waals surface area contributed by atoms with E-state index in [0.717, 1.165) is 4.90 Å². The second kappa shape index (κ2) is 3.86. The van der Waals surface area contributed by atoms with Crippen molar-refractivity contribution in [1.82, 2.24) is 4.90 Å². The molecular weight excluding hydrogens is 251 g/mol. The quantitative estimate of drug-likeness (QED) is 0.660. The minimum absolute atomic E-state index is 0.209. The molecule has 1 atom stereocenters. The summed E-state index contributed by atoms with van der Waals surface area (Å²) in [6.07, 6.45) is -3.05. The van der Waals surface area contributed by atoms with Crippen LogP contribution in [0.5, 0.6) is 0 Å². The molecule has 0 saturated carbocycles. The normalized spacial score (nSPS) is 25.1. The maximum atomic E-state index is 11.9. The number of carbonyl (C=O) groups is 1. The molecule has 0 aromatic rings. The lowest BCUT2D eigenvalue weighted by Gasteiger charge is -2.30. The summed E-state index contributed by atoms with van der Waals surface area (Å²) in [6, 6.07) is 0. The van der Waals surface area contributed by atoms with Gasteiger partial charge >= 0.3 is 6.18 Å². The monoisotopic (exact) mass is 259 g/mol. The van der Waals surface area contributed by atoms with Crippen LogP contribution >= 0.6 is 15.9 Å². The second-order valence-electron chi connectivity index (χ2n) is 2.98. The maximum Gasteiger partial charge on any atom is 0.406 e. The standard InChI is InChI=1S/C7H9BrF3NO/c8-5-2-1-3-12(6(5)13)4-7(9,10)11/h5H,1-4H2/t5-/m0/s1. The number of hydrogen-bond donors (Lipinski definition) is 0. The zero-order chi connectivity index (χ0) is 10.1. The van der Waals surface area contributed by atoms with E-state index in [2.05, 4.69) is 15.9 Å². The predicted molar refractivity (Wildman–Crippen MR) is 44.6 cm³/mol. The summed E-state index contributed by atoms with van der Waals surface area (Å²) in [5, 5.41) is 0. The Morgan fingerprint density at radius 2 is 2.15 bits per heavy atom. The molecule has 1 saturated heterocycles. The number of carbonyl (C=O) groups excluding carboxylic acids is 1. The average Bonchev–Trinajstić information content (AvgIpc) is 1.96. The summed E-state index contributed by atoms with van der Waals surface area (Å²) in [6.45, 7) is -0.922. The number of halogens is 4. The van der Waals surface area contributed by atoms with E-state index in [4.69, 9.17) is 0 Å². The van der Waals surface area contributed by atoms with Gasteiger partial charge < -0.3 is 4.90 Å². The number of nitrogens with zero attached hydrogens (tertiary/aromatic N) is 1. The zero-order valence-corrected chi connectivity index (χ0v) is 8.36. The highest BCUT2D eigenvalue weighted by molar-refractivity contribution is 9.10. The van der Waals surface area contributed by atoms with Crippen LogP contribution in [0.25, 0.3) is 0 Å². The summed E-state index contributed by atoms with van der Waals surface area (Å²) in [5.74, 6) is -0.455. The van der Waals surface area contributed by atoms with Gasteiger partial charge in [-0.05, 0) is 12.8 Å². The highest BCUT2D eigenvalue weighted by atomic mass is 79.9. The fourth-order valence-corrected chi connectivity index (χ4v) is 1.88. The van der Waals surface area contributed by atoms with Gasteiger partial charge in [0.05, 0.1) is 4.83 Å². The summed E-state index contributed by atoms with van der Waals surface area (Å²) in [4.78, 5) is 11.6. The van der Waals surface area contributed by atoms with Crippen LogP contribution in [-0.2, 0) is 4.79 Å². The molecule has 0 N–H and O–H groups in total. The molecule has 1 amide bonds.